The zero-order valence-electron chi connectivity index (χ0n) is 24.7. The van der Waals surface area contributed by atoms with E-state index in [1.54, 1.807) is 12.1 Å². The Labute approximate surface area is 254 Å². The molecular formula is C35H34O9. The molecule has 0 fully saturated rings. The van der Waals surface area contributed by atoms with E-state index in [9.17, 15) is 30.0 Å². The first-order valence-corrected chi connectivity index (χ1v) is 13.9. The molecule has 0 saturated heterocycles. The van der Waals surface area contributed by atoms with Gasteiger partial charge in [-0.05, 0) is 75.1 Å². The average molecular weight is 599 g/mol. The van der Waals surface area contributed by atoms with Crippen LogP contribution in [0.1, 0.15) is 37.8 Å². The zero-order valence-corrected chi connectivity index (χ0v) is 24.7. The molecule has 0 aliphatic heterocycles. The molecule has 0 saturated carbocycles. The summed E-state index contributed by atoms with van der Waals surface area (Å²) >= 11 is 0. The van der Waals surface area contributed by atoms with Gasteiger partial charge in [-0.3, -0.25) is 4.79 Å². The SMILES string of the molecule is C/C(=C\COC(=O)/C=C/c1ccc(O)c(O)c1)CC/C=C(\C)COc1c(-c2cccc(C)c2)oc2cc(O)cc(O)c2c1=O. The Kier molecular flexibility index (Phi) is 10.1. The first-order valence-electron chi connectivity index (χ1n) is 13.9. The lowest BCUT2D eigenvalue weighted by Crippen LogP contribution is -2.12. The van der Waals surface area contributed by atoms with Gasteiger partial charge in [-0.1, -0.05) is 41.5 Å². The highest BCUT2D eigenvalue weighted by Crippen LogP contribution is 2.36. The Hall–Kier alpha value is -5.44. The van der Waals surface area contributed by atoms with Gasteiger partial charge >= 0.3 is 5.97 Å². The molecule has 0 aliphatic carbocycles. The van der Waals surface area contributed by atoms with Gasteiger partial charge in [0.2, 0.25) is 11.2 Å². The fraction of sp³-hybridized carbons (Fsp3) is 0.200. The van der Waals surface area contributed by atoms with Crippen LogP contribution in [-0.4, -0.2) is 39.6 Å². The van der Waals surface area contributed by atoms with Gasteiger partial charge in [0.05, 0.1) is 0 Å². The Morgan fingerprint density at radius 1 is 0.909 bits per heavy atom. The second kappa shape index (κ2) is 14.2. The van der Waals surface area contributed by atoms with Crippen molar-refractivity contribution in [1.29, 1.82) is 0 Å². The van der Waals surface area contributed by atoms with Gasteiger partial charge in [-0.15, -0.1) is 0 Å². The van der Waals surface area contributed by atoms with Crippen molar-refractivity contribution in [3.05, 3.63) is 105 Å². The minimum Gasteiger partial charge on any atom is -0.508 e. The van der Waals surface area contributed by atoms with Gasteiger partial charge < -0.3 is 34.3 Å². The molecule has 44 heavy (non-hydrogen) atoms. The molecule has 0 amide bonds. The fourth-order valence-corrected chi connectivity index (χ4v) is 4.39. The van der Waals surface area contributed by atoms with Gasteiger partial charge in [-0.2, -0.15) is 0 Å². The summed E-state index contributed by atoms with van der Waals surface area (Å²) in [6.07, 6.45) is 7.92. The molecule has 4 N–H and O–H groups in total. The molecule has 1 heterocycles. The smallest absolute Gasteiger partial charge is 0.331 e. The summed E-state index contributed by atoms with van der Waals surface area (Å²) in [5, 5.41) is 39.1. The topological polar surface area (TPSA) is 147 Å². The number of fused-ring (bicyclic) bond motifs is 1. The van der Waals surface area contributed by atoms with Crippen molar-refractivity contribution in [2.24, 2.45) is 0 Å². The van der Waals surface area contributed by atoms with Crippen LogP contribution in [0.5, 0.6) is 28.7 Å². The lowest BCUT2D eigenvalue weighted by molar-refractivity contribution is -0.136. The minimum absolute atomic E-state index is 0.0361. The molecule has 0 atom stereocenters. The zero-order chi connectivity index (χ0) is 31.8. The number of hydrogen-bond donors (Lipinski definition) is 4. The van der Waals surface area contributed by atoms with Crippen molar-refractivity contribution >= 4 is 23.0 Å². The van der Waals surface area contributed by atoms with E-state index in [1.807, 2.05) is 51.1 Å². The first-order chi connectivity index (χ1) is 21.0. The number of allylic oxidation sites excluding steroid dienone is 2. The third kappa shape index (κ3) is 8.10. The van der Waals surface area contributed by atoms with Crippen molar-refractivity contribution < 1.29 is 39.1 Å². The first kappa shape index (κ1) is 31.5. The molecule has 0 aliphatic rings. The summed E-state index contributed by atoms with van der Waals surface area (Å²) in [5.41, 5.74) is 3.52. The van der Waals surface area contributed by atoms with Crippen LogP contribution in [0, 0.1) is 6.92 Å². The number of carbonyl (C=O) groups excluding carboxylic acids is 1. The second-order valence-corrected chi connectivity index (χ2v) is 10.4. The number of aromatic hydroxyl groups is 4. The lowest BCUT2D eigenvalue weighted by atomic mass is 10.1. The van der Waals surface area contributed by atoms with Gasteiger partial charge in [-0.25, -0.2) is 4.79 Å². The van der Waals surface area contributed by atoms with Gasteiger partial charge in [0.1, 0.15) is 35.7 Å². The molecule has 228 valence electrons. The fourth-order valence-electron chi connectivity index (χ4n) is 4.39. The maximum Gasteiger partial charge on any atom is 0.331 e. The number of benzene rings is 3. The molecule has 9 heteroatoms. The third-order valence-electron chi connectivity index (χ3n) is 6.74. The molecular weight excluding hydrogens is 564 g/mol. The van der Waals surface area contributed by atoms with E-state index < -0.39 is 17.1 Å². The monoisotopic (exact) mass is 598 g/mol. The van der Waals surface area contributed by atoms with Crippen molar-refractivity contribution in [3.8, 4) is 40.1 Å². The quantitative estimate of drug-likeness (QED) is 0.0626. The molecule has 0 bridgehead atoms. The normalized spacial score (nSPS) is 12.2. The predicted octanol–water partition coefficient (Wildman–Crippen LogP) is 6.90. The molecule has 3 aromatic carbocycles. The third-order valence-corrected chi connectivity index (χ3v) is 6.74. The number of carbonyl (C=O) groups is 1. The molecule has 9 nitrogen and oxygen atoms in total. The standard InChI is InChI=1S/C35H34O9/c1-21(14-15-42-31(40)13-11-24-10-12-27(37)28(38)17-24)6-4-8-23(3)20-43-35-33(41)32-29(39)18-26(36)19-30(32)44-34(35)25-9-5-7-22(2)16-25/h5,7-14,16-19,36-39H,4,6,15,20H2,1-3H3/b13-11+,21-14+,23-8+. The molecule has 4 rings (SSSR count). The predicted molar refractivity (Wildman–Crippen MR) is 168 cm³/mol. The lowest BCUT2D eigenvalue weighted by Gasteiger charge is -2.13. The van der Waals surface area contributed by atoms with E-state index in [2.05, 4.69) is 0 Å². The van der Waals surface area contributed by atoms with Crippen LogP contribution in [0.4, 0.5) is 0 Å². The molecule has 0 radical (unpaired) electrons. The van der Waals surface area contributed by atoms with E-state index in [0.717, 1.165) is 22.8 Å². The summed E-state index contributed by atoms with van der Waals surface area (Å²) in [6, 6.07) is 14.0. The van der Waals surface area contributed by atoms with Crippen molar-refractivity contribution in [3.63, 3.8) is 0 Å². The Bertz CT molecular complexity index is 1830. The van der Waals surface area contributed by atoms with Crippen LogP contribution in [-0.2, 0) is 9.53 Å². The summed E-state index contributed by atoms with van der Waals surface area (Å²) in [7, 11) is 0. The molecule has 0 spiro atoms. The summed E-state index contributed by atoms with van der Waals surface area (Å²) in [5.74, 6) is -1.52. The van der Waals surface area contributed by atoms with Crippen molar-refractivity contribution in [2.75, 3.05) is 13.2 Å². The van der Waals surface area contributed by atoms with Crippen LogP contribution in [0.25, 0.3) is 28.4 Å². The Balaban J connectivity index is 1.36. The van der Waals surface area contributed by atoms with Crippen molar-refractivity contribution in [2.45, 2.75) is 33.6 Å². The minimum atomic E-state index is -0.544. The van der Waals surface area contributed by atoms with E-state index in [4.69, 9.17) is 13.9 Å². The summed E-state index contributed by atoms with van der Waals surface area (Å²) in [6.45, 7) is 5.94. The number of ether oxygens (including phenoxy) is 2. The summed E-state index contributed by atoms with van der Waals surface area (Å²) < 4.78 is 17.2. The number of phenolic OH excluding ortho intramolecular Hbond substituents is 4. The number of hydrogen-bond acceptors (Lipinski definition) is 9. The van der Waals surface area contributed by atoms with E-state index >= 15 is 0 Å². The maximum atomic E-state index is 13.4. The number of phenols is 4. The van der Waals surface area contributed by atoms with Crippen LogP contribution < -0.4 is 10.2 Å². The van der Waals surface area contributed by atoms with Crippen LogP contribution in [0.15, 0.2) is 93.2 Å². The molecule has 4 aromatic rings. The highest BCUT2D eigenvalue weighted by atomic mass is 16.5. The van der Waals surface area contributed by atoms with Gasteiger partial charge in [0.15, 0.2) is 17.3 Å². The van der Waals surface area contributed by atoms with Gasteiger partial charge in [0.25, 0.3) is 0 Å². The van der Waals surface area contributed by atoms with Crippen LogP contribution >= 0.6 is 0 Å². The maximum absolute atomic E-state index is 13.4. The van der Waals surface area contributed by atoms with E-state index in [-0.39, 0.29) is 52.9 Å². The summed E-state index contributed by atoms with van der Waals surface area (Å²) in [4.78, 5) is 25.4. The second-order valence-electron chi connectivity index (χ2n) is 10.4. The van der Waals surface area contributed by atoms with Gasteiger partial charge in [0, 0.05) is 23.8 Å². The molecule has 0 unspecified atom stereocenters. The Morgan fingerprint density at radius 3 is 2.45 bits per heavy atom. The van der Waals surface area contributed by atoms with Crippen LogP contribution in [0.2, 0.25) is 0 Å². The largest absolute Gasteiger partial charge is 0.508 e. The van der Waals surface area contributed by atoms with Crippen molar-refractivity contribution in [1.82, 2.24) is 0 Å². The average Bonchev–Trinajstić information content (AvgIpc) is 2.96. The highest BCUT2D eigenvalue weighted by molar-refractivity contribution is 5.88. The molecule has 1 aromatic heterocycles. The number of aryl methyl sites for hydroxylation is 1. The van der Waals surface area contributed by atoms with E-state index in [0.29, 0.717) is 24.0 Å². The van der Waals surface area contributed by atoms with Crippen LogP contribution in [0.3, 0.4) is 0 Å². The Morgan fingerprint density at radius 2 is 1.70 bits per heavy atom. The van der Waals surface area contributed by atoms with E-state index in [1.165, 1.54) is 30.4 Å². The highest BCUT2D eigenvalue weighted by Gasteiger charge is 2.21. The number of esters is 1. The number of rotatable bonds is 11.